The quantitative estimate of drug-likeness (QED) is 0.366. The summed E-state index contributed by atoms with van der Waals surface area (Å²) in [5, 5.41) is 19.1. The maximum absolute atomic E-state index is 13.0. The SMILES string of the molecule is O=C(NC(=S)Nc1cccc2ccccc12)c1cc([N+](=O)[O-])ccc1N1CCOCC1. The van der Waals surface area contributed by atoms with Gasteiger partial charge in [0, 0.05) is 36.3 Å². The number of thiocarbonyl (C=S) groups is 1. The van der Waals surface area contributed by atoms with Crippen LogP contribution in [-0.2, 0) is 4.74 Å². The predicted molar refractivity (Wildman–Crippen MR) is 124 cm³/mol. The number of nitrogens with zero attached hydrogens (tertiary/aromatic N) is 2. The van der Waals surface area contributed by atoms with Crippen molar-refractivity contribution >= 4 is 51.1 Å². The number of hydrogen-bond donors (Lipinski definition) is 2. The van der Waals surface area contributed by atoms with Gasteiger partial charge in [0.2, 0.25) is 0 Å². The molecule has 0 unspecified atom stereocenters. The smallest absolute Gasteiger partial charge is 0.270 e. The Morgan fingerprint density at radius 1 is 1.06 bits per heavy atom. The number of anilines is 2. The molecular formula is C22H20N4O4S. The van der Waals surface area contributed by atoms with Crippen LogP contribution in [0.25, 0.3) is 10.8 Å². The molecule has 0 saturated carbocycles. The molecule has 1 fully saturated rings. The standard InChI is InChI=1S/C22H20N4O4S/c27-21(24-22(31)23-19-7-3-5-15-4-1-2-6-17(15)19)18-14-16(26(28)29)8-9-20(18)25-10-12-30-13-11-25/h1-9,14H,10-13H2,(H2,23,24,27,31). The second-order valence-corrected chi connectivity index (χ2v) is 7.40. The van der Waals surface area contributed by atoms with Gasteiger partial charge in [-0.05, 0) is 29.7 Å². The molecule has 0 atom stereocenters. The third-order valence-corrected chi connectivity index (χ3v) is 5.26. The first-order valence-electron chi connectivity index (χ1n) is 9.74. The van der Waals surface area contributed by atoms with Crippen molar-refractivity contribution in [2.75, 3.05) is 36.5 Å². The van der Waals surface area contributed by atoms with Crippen LogP contribution in [-0.4, -0.2) is 42.2 Å². The lowest BCUT2D eigenvalue weighted by Gasteiger charge is -2.30. The minimum Gasteiger partial charge on any atom is -0.378 e. The molecule has 0 aliphatic carbocycles. The van der Waals surface area contributed by atoms with E-state index in [2.05, 4.69) is 10.6 Å². The highest BCUT2D eigenvalue weighted by Gasteiger charge is 2.22. The van der Waals surface area contributed by atoms with Gasteiger partial charge in [-0.25, -0.2) is 0 Å². The fourth-order valence-corrected chi connectivity index (χ4v) is 3.76. The summed E-state index contributed by atoms with van der Waals surface area (Å²) < 4.78 is 5.37. The molecule has 1 aliphatic rings. The monoisotopic (exact) mass is 436 g/mol. The number of carbonyl (C=O) groups is 1. The van der Waals surface area contributed by atoms with Gasteiger partial charge in [-0.15, -0.1) is 0 Å². The minimum absolute atomic E-state index is 0.112. The number of nitro groups is 1. The van der Waals surface area contributed by atoms with E-state index in [1.807, 2.05) is 47.4 Å². The van der Waals surface area contributed by atoms with Crippen molar-refractivity contribution in [3.05, 3.63) is 76.3 Å². The molecule has 1 amide bonds. The number of carbonyl (C=O) groups excluding carboxylic acids is 1. The maximum Gasteiger partial charge on any atom is 0.270 e. The molecule has 1 saturated heterocycles. The van der Waals surface area contributed by atoms with Gasteiger partial charge in [-0.1, -0.05) is 36.4 Å². The number of nitrogens with one attached hydrogen (secondary N) is 2. The van der Waals surface area contributed by atoms with E-state index in [4.69, 9.17) is 17.0 Å². The van der Waals surface area contributed by atoms with Crippen LogP contribution in [0.3, 0.4) is 0 Å². The van der Waals surface area contributed by atoms with Crippen molar-refractivity contribution in [1.29, 1.82) is 0 Å². The summed E-state index contributed by atoms with van der Waals surface area (Å²) in [6, 6.07) is 17.8. The molecule has 158 valence electrons. The van der Waals surface area contributed by atoms with Gasteiger partial charge in [-0.2, -0.15) is 0 Å². The van der Waals surface area contributed by atoms with E-state index < -0.39 is 10.8 Å². The van der Waals surface area contributed by atoms with E-state index >= 15 is 0 Å². The first-order valence-corrected chi connectivity index (χ1v) is 10.1. The number of nitro benzene ring substituents is 1. The summed E-state index contributed by atoms with van der Waals surface area (Å²) >= 11 is 5.35. The maximum atomic E-state index is 13.0. The highest BCUT2D eigenvalue weighted by atomic mass is 32.1. The summed E-state index contributed by atoms with van der Waals surface area (Å²) in [6.45, 7) is 2.24. The molecule has 31 heavy (non-hydrogen) atoms. The molecule has 1 heterocycles. The number of non-ortho nitro benzene ring substituents is 1. The van der Waals surface area contributed by atoms with Crippen molar-refractivity contribution in [1.82, 2.24) is 5.32 Å². The third-order valence-electron chi connectivity index (χ3n) is 5.05. The molecule has 1 aliphatic heterocycles. The molecule has 9 heteroatoms. The average molecular weight is 436 g/mol. The summed E-state index contributed by atoms with van der Waals surface area (Å²) in [7, 11) is 0. The van der Waals surface area contributed by atoms with Crippen molar-refractivity contribution < 1.29 is 14.5 Å². The van der Waals surface area contributed by atoms with Gasteiger partial charge >= 0.3 is 0 Å². The number of benzene rings is 3. The van der Waals surface area contributed by atoms with Crippen LogP contribution in [0.2, 0.25) is 0 Å². The lowest BCUT2D eigenvalue weighted by Crippen LogP contribution is -2.39. The predicted octanol–water partition coefficient (Wildman–Crippen LogP) is 3.71. The fraction of sp³-hybridized carbons (Fsp3) is 0.182. The topological polar surface area (TPSA) is 96.7 Å². The molecule has 0 spiro atoms. The summed E-state index contributed by atoms with van der Waals surface area (Å²) in [6.07, 6.45) is 0. The average Bonchev–Trinajstić information content (AvgIpc) is 2.79. The van der Waals surface area contributed by atoms with E-state index in [-0.39, 0.29) is 16.4 Å². The van der Waals surface area contributed by atoms with Gasteiger partial charge in [0.1, 0.15) is 0 Å². The minimum atomic E-state index is -0.521. The Balaban J connectivity index is 1.57. The van der Waals surface area contributed by atoms with Crippen LogP contribution in [0.4, 0.5) is 17.1 Å². The Morgan fingerprint density at radius 3 is 2.58 bits per heavy atom. The lowest BCUT2D eigenvalue weighted by atomic mass is 10.1. The van der Waals surface area contributed by atoms with Crippen LogP contribution < -0.4 is 15.5 Å². The summed E-state index contributed by atoms with van der Waals surface area (Å²) in [4.78, 5) is 25.7. The van der Waals surface area contributed by atoms with Gasteiger partial charge in [0.25, 0.3) is 11.6 Å². The molecule has 2 N–H and O–H groups in total. The van der Waals surface area contributed by atoms with Crippen LogP contribution in [0.15, 0.2) is 60.7 Å². The molecule has 0 bridgehead atoms. The summed E-state index contributed by atoms with van der Waals surface area (Å²) in [5.41, 5.74) is 1.41. The number of rotatable bonds is 4. The molecule has 0 aromatic heterocycles. The fourth-order valence-electron chi connectivity index (χ4n) is 3.56. The van der Waals surface area contributed by atoms with Crippen LogP contribution in [0.1, 0.15) is 10.4 Å². The highest BCUT2D eigenvalue weighted by molar-refractivity contribution is 7.80. The molecule has 3 aromatic rings. The highest BCUT2D eigenvalue weighted by Crippen LogP contribution is 2.27. The molecular weight excluding hydrogens is 416 g/mol. The second-order valence-electron chi connectivity index (χ2n) is 6.99. The third kappa shape index (κ3) is 4.62. The van der Waals surface area contributed by atoms with Crippen molar-refractivity contribution in [3.8, 4) is 0 Å². The number of ether oxygens (including phenoxy) is 1. The Bertz CT molecular complexity index is 1160. The van der Waals surface area contributed by atoms with Gasteiger partial charge in [0.15, 0.2) is 5.11 Å². The second kappa shape index (κ2) is 9.07. The Morgan fingerprint density at radius 2 is 1.81 bits per heavy atom. The van der Waals surface area contributed by atoms with Crippen LogP contribution in [0, 0.1) is 10.1 Å². The molecule has 8 nitrogen and oxygen atoms in total. The first-order chi connectivity index (χ1) is 15.0. The van der Waals surface area contributed by atoms with Crippen LogP contribution >= 0.6 is 12.2 Å². The zero-order valence-electron chi connectivity index (χ0n) is 16.5. The Labute approximate surface area is 184 Å². The van der Waals surface area contributed by atoms with Crippen molar-refractivity contribution in [3.63, 3.8) is 0 Å². The zero-order chi connectivity index (χ0) is 21.8. The summed E-state index contributed by atoms with van der Waals surface area (Å²) in [5.74, 6) is -0.511. The molecule has 4 rings (SSSR count). The Kier molecular flexibility index (Phi) is 6.06. The lowest BCUT2D eigenvalue weighted by molar-refractivity contribution is -0.384. The van der Waals surface area contributed by atoms with Gasteiger partial charge < -0.3 is 15.0 Å². The van der Waals surface area contributed by atoms with E-state index in [1.165, 1.54) is 12.1 Å². The van der Waals surface area contributed by atoms with E-state index in [0.29, 0.717) is 32.0 Å². The van der Waals surface area contributed by atoms with Crippen molar-refractivity contribution in [2.24, 2.45) is 0 Å². The Hall–Kier alpha value is -3.56. The molecule has 3 aromatic carbocycles. The first kappa shape index (κ1) is 20.7. The molecule has 0 radical (unpaired) electrons. The van der Waals surface area contributed by atoms with E-state index in [9.17, 15) is 14.9 Å². The number of amides is 1. The van der Waals surface area contributed by atoms with Crippen molar-refractivity contribution in [2.45, 2.75) is 0 Å². The normalized spacial score (nSPS) is 13.6. The van der Waals surface area contributed by atoms with E-state index in [1.54, 1.807) is 6.07 Å². The number of hydrogen-bond acceptors (Lipinski definition) is 6. The number of morpholine rings is 1. The largest absolute Gasteiger partial charge is 0.378 e. The van der Waals surface area contributed by atoms with Gasteiger partial charge in [-0.3, -0.25) is 20.2 Å². The van der Waals surface area contributed by atoms with Crippen LogP contribution in [0.5, 0.6) is 0 Å². The van der Waals surface area contributed by atoms with Gasteiger partial charge in [0.05, 0.1) is 29.4 Å². The number of fused-ring (bicyclic) bond motifs is 1. The van der Waals surface area contributed by atoms with E-state index in [0.717, 1.165) is 16.5 Å². The zero-order valence-corrected chi connectivity index (χ0v) is 17.4.